The summed E-state index contributed by atoms with van der Waals surface area (Å²) in [6.45, 7) is 3.75. The van der Waals surface area contributed by atoms with Gasteiger partial charge in [-0.15, -0.1) is 11.3 Å². The minimum Gasteiger partial charge on any atom is -0.494 e. The summed E-state index contributed by atoms with van der Waals surface area (Å²) in [6.07, 6.45) is 3.69. The lowest BCUT2D eigenvalue weighted by molar-refractivity contribution is -0.131. The Morgan fingerprint density at radius 3 is 2.60 bits per heavy atom. The van der Waals surface area contributed by atoms with Gasteiger partial charge in [0.05, 0.1) is 32.1 Å². The largest absolute Gasteiger partial charge is 0.494 e. The van der Waals surface area contributed by atoms with Gasteiger partial charge in [0.2, 0.25) is 5.91 Å². The summed E-state index contributed by atoms with van der Waals surface area (Å²) in [4.78, 5) is 15.9. The van der Waals surface area contributed by atoms with Crippen LogP contribution in [0.3, 0.4) is 0 Å². The fraction of sp³-hybridized carbons (Fsp3) is 0.250. The highest BCUT2D eigenvalue weighted by Gasteiger charge is 2.16. The second kappa shape index (κ2) is 8.53. The van der Waals surface area contributed by atoms with Crippen LogP contribution in [0, 0.1) is 0 Å². The molecule has 1 aromatic carbocycles. The molecule has 4 nitrogen and oxygen atoms in total. The number of thiophene rings is 1. The van der Waals surface area contributed by atoms with Gasteiger partial charge in [0.1, 0.15) is 5.75 Å². The molecule has 130 valence electrons. The first kappa shape index (κ1) is 17.3. The highest BCUT2D eigenvalue weighted by molar-refractivity contribution is 7.09. The summed E-state index contributed by atoms with van der Waals surface area (Å²) < 4.78 is 10.6. The van der Waals surface area contributed by atoms with Crippen LogP contribution in [0.2, 0.25) is 0 Å². The average molecular weight is 355 g/mol. The lowest BCUT2D eigenvalue weighted by atomic mass is 10.1. The van der Waals surface area contributed by atoms with Crippen molar-refractivity contribution in [3.8, 4) is 5.75 Å². The Labute approximate surface area is 151 Å². The maximum absolute atomic E-state index is 12.8. The van der Waals surface area contributed by atoms with Gasteiger partial charge in [-0.1, -0.05) is 18.2 Å². The molecule has 0 saturated heterocycles. The van der Waals surface area contributed by atoms with Gasteiger partial charge in [-0.2, -0.15) is 0 Å². The van der Waals surface area contributed by atoms with Crippen LogP contribution < -0.4 is 4.74 Å². The monoisotopic (exact) mass is 355 g/mol. The smallest absolute Gasteiger partial charge is 0.227 e. The number of rotatable bonds is 8. The SMILES string of the molecule is CCOc1ccc(CC(=O)N(Cc2ccoc2)Cc2cccs2)cc1. The van der Waals surface area contributed by atoms with E-state index in [0.29, 0.717) is 26.1 Å². The molecule has 2 aromatic heterocycles. The Bertz CT molecular complexity index is 728. The van der Waals surface area contributed by atoms with E-state index < -0.39 is 0 Å². The normalized spacial score (nSPS) is 10.6. The number of carbonyl (C=O) groups is 1. The molecule has 0 aliphatic carbocycles. The Morgan fingerprint density at radius 2 is 1.96 bits per heavy atom. The van der Waals surface area contributed by atoms with Gasteiger partial charge in [-0.05, 0) is 42.1 Å². The van der Waals surface area contributed by atoms with Gasteiger partial charge >= 0.3 is 0 Å². The molecule has 0 atom stereocenters. The molecule has 0 spiro atoms. The van der Waals surface area contributed by atoms with Gasteiger partial charge in [0, 0.05) is 17.0 Å². The molecule has 3 aromatic rings. The van der Waals surface area contributed by atoms with Crippen molar-refractivity contribution in [1.29, 1.82) is 0 Å². The number of ether oxygens (including phenoxy) is 1. The van der Waals surface area contributed by atoms with Crippen molar-refractivity contribution in [2.45, 2.75) is 26.4 Å². The molecule has 0 fully saturated rings. The van der Waals surface area contributed by atoms with Crippen molar-refractivity contribution in [2.24, 2.45) is 0 Å². The van der Waals surface area contributed by atoms with E-state index in [0.717, 1.165) is 16.9 Å². The van der Waals surface area contributed by atoms with E-state index in [1.807, 2.05) is 53.6 Å². The van der Waals surface area contributed by atoms with Crippen LogP contribution in [0.1, 0.15) is 22.9 Å². The third kappa shape index (κ3) is 4.97. The van der Waals surface area contributed by atoms with Crippen LogP contribution in [0.4, 0.5) is 0 Å². The molecule has 0 radical (unpaired) electrons. The maximum atomic E-state index is 12.8. The predicted molar refractivity (Wildman–Crippen MR) is 98.6 cm³/mol. The predicted octanol–water partition coefficient (Wildman–Crippen LogP) is 4.51. The molecule has 2 heterocycles. The standard InChI is InChI=1S/C20H21NO3S/c1-2-24-18-7-5-16(6-8-18)12-20(22)21(13-17-9-10-23-15-17)14-19-4-3-11-25-19/h3-11,15H,2,12-14H2,1H3. The molecule has 0 bridgehead atoms. The first-order chi connectivity index (χ1) is 12.2. The summed E-state index contributed by atoms with van der Waals surface area (Å²) in [5.74, 6) is 0.922. The van der Waals surface area contributed by atoms with Crippen LogP contribution in [0.25, 0.3) is 0 Å². The van der Waals surface area contributed by atoms with E-state index in [-0.39, 0.29) is 5.91 Å². The summed E-state index contributed by atoms with van der Waals surface area (Å²) in [5, 5.41) is 2.03. The van der Waals surface area contributed by atoms with Crippen molar-refractivity contribution in [3.05, 3.63) is 76.4 Å². The molecule has 0 N–H and O–H groups in total. The topological polar surface area (TPSA) is 42.7 Å². The molecule has 0 saturated carbocycles. The third-order valence-electron chi connectivity index (χ3n) is 3.82. The van der Waals surface area contributed by atoms with Gasteiger partial charge in [0.25, 0.3) is 0 Å². The van der Waals surface area contributed by atoms with Crippen LogP contribution >= 0.6 is 11.3 Å². The Morgan fingerprint density at radius 1 is 1.12 bits per heavy atom. The lowest BCUT2D eigenvalue weighted by Gasteiger charge is -2.21. The van der Waals surface area contributed by atoms with Crippen LogP contribution in [0.15, 0.2) is 64.8 Å². The minimum atomic E-state index is 0.0961. The molecule has 5 heteroatoms. The van der Waals surface area contributed by atoms with Crippen molar-refractivity contribution >= 4 is 17.2 Å². The molecule has 0 aliphatic rings. The second-order valence-electron chi connectivity index (χ2n) is 5.71. The summed E-state index contributed by atoms with van der Waals surface area (Å²) >= 11 is 1.66. The highest BCUT2D eigenvalue weighted by Crippen LogP contribution is 2.18. The number of benzene rings is 1. The quantitative estimate of drug-likeness (QED) is 0.597. The fourth-order valence-electron chi connectivity index (χ4n) is 2.58. The van der Waals surface area contributed by atoms with Gasteiger partial charge < -0.3 is 14.1 Å². The molecule has 0 aliphatic heterocycles. The zero-order valence-electron chi connectivity index (χ0n) is 14.2. The first-order valence-corrected chi connectivity index (χ1v) is 9.15. The molecule has 25 heavy (non-hydrogen) atoms. The zero-order chi connectivity index (χ0) is 17.5. The summed E-state index contributed by atoms with van der Waals surface area (Å²) in [6, 6.07) is 13.7. The van der Waals surface area contributed by atoms with Crippen LogP contribution in [0.5, 0.6) is 5.75 Å². The van der Waals surface area contributed by atoms with E-state index in [9.17, 15) is 4.79 Å². The Hall–Kier alpha value is -2.53. The van der Waals surface area contributed by atoms with Gasteiger partial charge in [0.15, 0.2) is 0 Å². The van der Waals surface area contributed by atoms with E-state index >= 15 is 0 Å². The average Bonchev–Trinajstić information content (AvgIpc) is 3.30. The number of nitrogens with zero attached hydrogens (tertiary/aromatic N) is 1. The van der Waals surface area contributed by atoms with Crippen molar-refractivity contribution < 1.29 is 13.9 Å². The fourth-order valence-corrected chi connectivity index (χ4v) is 3.30. The van der Waals surface area contributed by atoms with E-state index in [1.54, 1.807) is 23.9 Å². The number of amides is 1. The van der Waals surface area contributed by atoms with Gasteiger partial charge in [-0.3, -0.25) is 4.79 Å². The molecule has 3 rings (SSSR count). The highest BCUT2D eigenvalue weighted by atomic mass is 32.1. The van der Waals surface area contributed by atoms with Gasteiger partial charge in [-0.25, -0.2) is 0 Å². The van der Waals surface area contributed by atoms with E-state index in [1.165, 1.54) is 4.88 Å². The van der Waals surface area contributed by atoms with Crippen LogP contribution in [-0.2, 0) is 24.3 Å². The van der Waals surface area contributed by atoms with Crippen molar-refractivity contribution in [3.63, 3.8) is 0 Å². The number of hydrogen-bond acceptors (Lipinski definition) is 4. The number of carbonyl (C=O) groups excluding carboxylic acids is 1. The third-order valence-corrected chi connectivity index (χ3v) is 4.68. The zero-order valence-corrected chi connectivity index (χ0v) is 15.0. The Balaban J connectivity index is 1.69. The summed E-state index contributed by atoms with van der Waals surface area (Å²) in [5.41, 5.74) is 1.98. The first-order valence-electron chi connectivity index (χ1n) is 8.27. The maximum Gasteiger partial charge on any atom is 0.227 e. The Kier molecular flexibility index (Phi) is 5.90. The minimum absolute atomic E-state index is 0.0961. The van der Waals surface area contributed by atoms with E-state index in [4.69, 9.17) is 9.15 Å². The lowest BCUT2D eigenvalue weighted by Crippen LogP contribution is -2.31. The molecular formula is C20H21NO3S. The number of hydrogen-bond donors (Lipinski definition) is 0. The molecular weight excluding hydrogens is 334 g/mol. The molecule has 1 amide bonds. The van der Waals surface area contributed by atoms with Crippen LogP contribution in [-0.4, -0.2) is 17.4 Å². The summed E-state index contributed by atoms with van der Waals surface area (Å²) in [7, 11) is 0. The number of furan rings is 1. The molecule has 0 unspecified atom stereocenters. The second-order valence-corrected chi connectivity index (χ2v) is 6.75. The van der Waals surface area contributed by atoms with E-state index in [2.05, 4.69) is 6.07 Å². The van der Waals surface area contributed by atoms with Crippen molar-refractivity contribution in [1.82, 2.24) is 4.90 Å². The van der Waals surface area contributed by atoms with Crippen molar-refractivity contribution in [2.75, 3.05) is 6.61 Å².